The fourth-order valence-corrected chi connectivity index (χ4v) is 1.67. The molecule has 0 unspecified atom stereocenters. The number of nitrogens with zero attached hydrogens (tertiary/aromatic N) is 1. The van der Waals surface area contributed by atoms with Crippen LogP contribution in [0, 0.1) is 11.3 Å². The summed E-state index contributed by atoms with van der Waals surface area (Å²) < 4.78 is 9.74. The number of esters is 1. The van der Waals surface area contributed by atoms with Crippen molar-refractivity contribution < 1.29 is 19.1 Å². The van der Waals surface area contributed by atoms with Gasteiger partial charge < -0.3 is 14.8 Å². The summed E-state index contributed by atoms with van der Waals surface area (Å²) in [6, 6.07) is 8.23. The molecule has 0 aliphatic rings. The Balaban J connectivity index is 2.79. The molecule has 1 aromatic carbocycles. The highest BCUT2D eigenvalue weighted by Gasteiger charge is 2.18. The molecule has 1 rings (SSSR count). The zero-order valence-electron chi connectivity index (χ0n) is 11.4. The molecule has 0 aliphatic heterocycles. The van der Waals surface area contributed by atoms with Crippen LogP contribution in [0.4, 0.5) is 0 Å². The second kappa shape index (κ2) is 7.79. The molecule has 0 aromatic heterocycles. The van der Waals surface area contributed by atoms with Crippen LogP contribution in [-0.4, -0.2) is 25.6 Å². The molecule has 1 atom stereocenters. The number of carbonyl (C=O) groups excluding carboxylic acids is 2. The van der Waals surface area contributed by atoms with Crippen LogP contribution in [0.25, 0.3) is 0 Å². The van der Waals surface area contributed by atoms with Gasteiger partial charge in [-0.25, -0.2) is 0 Å². The Kier molecular flexibility index (Phi) is 6.04. The van der Waals surface area contributed by atoms with E-state index in [1.807, 2.05) is 0 Å². The highest BCUT2D eigenvalue weighted by molar-refractivity contribution is 5.76. The van der Waals surface area contributed by atoms with Crippen molar-refractivity contribution in [1.82, 2.24) is 5.32 Å². The fraction of sp³-hybridized carbons (Fsp3) is 0.357. The summed E-state index contributed by atoms with van der Waals surface area (Å²) in [5.74, 6) is -0.109. The lowest BCUT2D eigenvalue weighted by Gasteiger charge is -2.17. The molecule has 6 nitrogen and oxygen atoms in total. The molecule has 0 saturated carbocycles. The first-order valence-electron chi connectivity index (χ1n) is 6.00. The van der Waals surface area contributed by atoms with E-state index in [2.05, 4.69) is 5.32 Å². The lowest BCUT2D eigenvalue weighted by molar-refractivity contribution is -0.143. The summed E-state index contributed by atoms with van der Waals surface area (Å²) in [6.45, 7) is 1.07. The van der Waals surface area contributed by atoms with Gasteiger partial charge in [-0.2, -0.15) is 5.26 Å². The molecule has 0 heterocycles. The number of benzene rings is 1. The number of ether oxygens (including phenoxy) is 2. The van der Waals surface area contributed by atoms with E-state index >= 15 is 0 Å². The van der Waals surface area contributed by atoms with Crippen molar-refractivity contribution in [3.8, 4) is 11.8 Å². The maximum Gasteiger partial charge on any atom is 0.309 e. The monoisotopic (exact) mass is 276 g/mol. The molecule has 0 fully saturated rings. The number of carbonyl (C=O) groups is 2. The average molecular weight is 276 g/mol. The number of nitrogens with one attached hydrogen (secondary N) is 1. The van der Waals surface area contributed by atoms with E-state index in [0.717, 1.165) is 5.56 Å². The lowest BCUT2D eigenvalue weighted by Crippen LogP contribution is -2.28. The van der Waals surface area contributed by atoms with E-state index < -0.39 is 12.0 Å². The minimum atomic E-state index is -0.541. The van der Waals surface area contributed by atoms with E-state index in [4.69, 9.17) is 14.7 Å². The van der Waals surface area contributed by atoms with Crippen molar-refractivity contribution in [3.05, 3.63) is 29.8 Å². The van der Waals surface area contributed by atoms with E-state index in [0.29, 0.717) is 5.75 Å². The molecule has 0 bridgehead atoms. The van der Waals surface area contributed by atoms with E-state index in [9.17, 15) is 9.59 Å². The molecule has 0 saturated heterocycles. The molecule has 1 N–H and O–H groups in total. The van der Waals surface area contributed by atoms with Gasteiger partial charge in [-0.05, 0) is 17.7 Å². The first-order chi connectivity index (χ1) is 9.56. The van der Waals surface area contributed by atoms with Crippen LogP contribution in [0.2, 0.25) is 0 Å². The van der Waals surface area contributed by atoms with Crippen LogP contribution in [-0.2, 0) is 14.3 Å². The molecule has 20 heavy (non-hydrogen) atoms. The van der Waals surface area contributed by atoms with Crippen LogP contribution in [0.3, 0.4) is 0 Å². The molecular formula is C14H16N2O4. The minimum absolute atomic E-state index is 0.0341. The summed E-state index contributed by atoms with van der Waals surface area (Å²) in [7, 11) is 1.56. The molecule has 0 spiro atoms. The van der Waals surface area contributed by atoms with Crippen molar-refractivity contribution >= 4 is 11.9 Å². The Morgan fingerprint density at radius 3 is 2.50 bits per heavy atom. The first kappa shape index (κ1) is 15.5. The average Bonchev–Trinajstić information content (AvgIpc) is 2.44. The Labute approximate surface area is 117 Å². The zero-order valence-corrected chi connectivity index (χ0v) is 11.4. The van der Waals surface area contributed by atoms with Gasteiger partial charge in [0.05, 0.1) is 19.6 Å². The van der Waals surface area contributed by atoms with Gasteiger partial charge in [-0.3, -0.25) is 9.59 Å². The van der Waals surface area contributed by atoms with Crippen LogP contribution in [0.5, 0.6) is 5.75 Å². The van der Waals surface area contributed by atoms with Crippen LogP contribution in [0.1, 0.15) is 24.9 Å². The third-order valence-electron chi connectivity index (χ3n) is 2.56. The number of hydrogen-bond donors (Lipinski definition) is 1. The van der Waals surface area contributed by atoms with E-state index in [-0.39, 0.29) is 18.9 Å². The number of amides is 1. The first-order valence-corrected chi connectivity index (χ1v) is 6.00. The number of rotatable bonds is 6. The van der Waals surface area contributed by atoms with Gasteiger partial charge in [0.15, 0.2) is 6.61 Å². The standard InChI is InChI=1S/C14H16N2O4/c1-10(17)16-13(9-14(18)20-8-7-15)11-3-5-12(19-2)6-4-11/h3-6,13H,8-9H2,1-2H3,(H,16,17)/t13-/m0/s1. The number of nitriles is 1. The van der Waals surface area contributed by atoms with Crippen molar-refractivity contribution in [1.29, 1.82) is 5.26 Å². The SMILES string of the molecule is COc1ccc([C@H](CC(=O)OCC#N)NC(C)=O)cc1. The number of methoxy groups -OCH3 is 1. The van der Waals surface area contributed by atoms with Crippen molar-refractivity contribution in [2.45, 2.75) is 19.4 Å². The molecule has 106 valence electrons. The minimum Gasteiger partial charge on any atom is -0.497 e. The highest BCUT2D eigenvalue weighted by Crippen LogP contribution is 2.20. The summed E-state index contributed by atoms with van der Waals surface area (Å²) in [5, 5.41) is 11.0. The predicted octanol–water partition coefficient (Wildman–Crippen LogP) is 1.33. The molecule has 1 aromatic rings. The summed E-state index contributed by atoms with van der Waals surface area (Å²) in [5.41, 5.74) is 0.759. The van der Waals surface area contributed by atoms with Gasteiger partial charge in [0.2, 0.25) is 5.91 Å². The summed E-state index contributed by atoms with van der Waals surface area (Å²) in [6.07, 6.45) is -0.0341. The predicted molar refractivity (Wildman–Crippen MR) is 70.7 cm³/mol. The Bertz CT molecular complexity index is 505. The van der Waals surface area contributed by atoms with Gasteiger partial charge >= 0.3 is 5.97 Å². The molecule has 6 heteroatoms. The molecule has 1 amide bonds. The van der Waals surface area contributed by atoms with Crippen molar-refractivity contribution in [2.24, 2.45) is 0 Å². The normalized spacial score (nSPS) is 11.1. The van der Waals surface area contributed by atoms with Gasteiger partial charge in [-0.15, -0.1) is 0 Å². The third kappa shape index (κ3) is 4.98. The summed E-state index contributed by atoms with van der Waals surface area (Å²) in [4.78, 5) is 22.7. The third-order valence-corrected chi connectivity index (χ3v) is 2.56. The van der Waals surface area contributed by atoms with Crippen LogP contribution < -0.4 is 10.1 Å². The zero-order chi connectivity index (χ0) is 15.0. The molecular weight excluding hydrogens is 260 g/mol. The van der Waals surface area contributed by atoms with Gasteiger partial charge in [-0.1, -0.05) is 12.1 Å². The molecule has 0 aliphatic carbocycles. The smallest absolute Gasteiger partial charge is 0.309 e. The van der Waals surface area contributed by atoms with Gasteiger partial charge in [0.25, 0.3) is 0 Å². The van der Waals surface area contributed by atoms with Crippen LogP contribution >= 0.6 is 0 Å². The maximum absolute atomic E-state index is 11.5. The Morgan fingerprint density at radius 1 is 1.35 bits per heavy atom. The lowest BCUT2D eigenvalue weighted by atomic mass is 10.0. The van der Waals surface area contributed by atoms with E-state index in [1.54, 1.807) is 37.4 Å². The second-order valence-corrected chi connectivity index (χ2v) is 4.05. The highest BCUT2D eigenvalue weighted by atomic mass is 16.5. The van der Waals surface area contributed by atoms with Crippen molar-refractivity contribution in [2.75, 3.05) is 13.7 Å². The second-order valence-electron chi connectivity index (χ2n) is 4.05. The Hall–Kier alpha value is -2.55. The topological polar surface area (TPSA) is 88.4 Å². The van der Waals surface area contributed by atoms with Gasteiger partial charge in [0.1, 0.15) is 11.8 Å². The maximum atomic E-state index is 11.5. The van der Waals surface area contributed by atoms with Gasteiger partial charge in [0, 0.05) is 6.92 Å². The fourth-order valence-electron chi connectivity index (χ4n) is 1.67. The van der Waals surface area contributed by atoms with E-state index in [1.165, 1.54) is 6.92 Å². The largest absolute Gasteiger partial charge is 0.497 e. The quantitative estimate of drug-likeness (QED) is 0.792. The Morgan fingerprint density at radius 2 is 2.00 bits per heavy atom. The molecule has 0 radical (unpaired) electrons. The van der Waals surface area contributed by atoms with Crippen molar-refractivity contribution in [3.63, 3.8) is 0 Å². The number of hydrogen-bond acceptors (Lipinski definition) is 5. The van der Waals surface area contributed by atoms with Crippen LogP contribution in [0.15, 0.2) is 24.3 Å². The summed E-state index contributed by atoms with van der Waals surface area (Å²) >= 11 is 0.